The molecule has 0 atom stereocenters. The summed E-state index contributed by atoms with van der Waals surface area (Å²) in [5.74, 6) is 1.03. The fourth-order valence-electron chi connectivity index (χ4n) is 3.25. The van der Waals surface area contributed by atoms with Gasteiger partial charge < -0.3 is 15.1 Å². The van der Waals surface area contributed by atoms with Gasteiger partial charge in [0.2, 0.25) is 11.8 Å². The topological polar surface area (TPSA) is 65.5 Å². The number of aromatic nitrogens is 1. The predicted octanol–water partition coefficient (Wildman–Crippen LogP) is 2.71. The minimum Gasteiger partial charge on any atom is -0.355 e. The van der Waals surface area contributed by atoms with Crippen LogP contribution in [0.15, 0.2) is 48.7 Å². The third kappa shape index (κ3) is 5.29. The first kappa shape index (κ1) is 18.9. The van der Waals surface area contributed by atoms with Gasteiger partial charge in [0, 0.05) is 32.6 Å². The van der Waals surface area contributed by atoms with Gasteiger partial charge in [-0.25, -0.2) is 4.98 Å². The van der Waals surface area contributed by atoms with Gasteiger partial charge >= 0.3 is 0 Å². The van der Waals surface area contributed by atoms with E-state index in [9.17, 15) is 9.59 Å². The first-order valence-corrected chi connectivity index (χ1v) is 9.48. The Morgan fingerprint density at radius 3 is 2.56 bits per heavy atom. The second kappa shape index (κ2) is 9.16. The zero-order chi connectivity index (χ0) is 19.1. The Morgan fingerprint density at radius 2 is 1.85 bits per heavy atom. The standard InChI is InChI=1S/C21H26N4O2/c1-2-21(27)25-12-6-11-24(13-14-25)19-10-9-18(16-22-19)23-20(26)15-17-7-4-3-5-8-17/h3-5,7-10,16H,2,6,11-15H2,1H3,(H,23,26). The van der Waals surface area contributed by atoms with Crippen LogP contribution in [0.2, 0.25) is 0 Å². The van der Waals surface area contributed by atoms with Crippen LogP contribution in [-0.4, -0.2) is 47.9 Å². The molecular formula is C21H26N4O2. The average Bonchev–Trinajstić information content (AvgIpc) is 2.95. The largest absolute Gasteiger partial charge is 0.355 e. The highest BCUT2D eigenvalue weighted by Gasteiger charge is 2.18. The molecule has 0 bridgehead atoms. The number of benzene rings is 1. The monoisotopic (exact) mass is 366 g/mol. The molecule has 27 heavy (non-hydrogen) atoms. The zero-order valence-electron chi connectivity index (χ0n) is 15.7. The molecule has 1 aliphatic rings. The van der Waals surface area contributed by atoms with Crippen LogP contribution < -0.4 is 10.2 Å². The van der Waals surface area contributed by atoms with Crippen LogP contribution in [0.4, 0.5) is 11.5 Å². The molecule has 2 heterocycles. The molecule has 0 unspecified atom stereocenters. The van der Waals surface area contributed by atoms with Gasteiger partial charge in [-0.1, -0.05) is 37.3 Å². The lowest BCUT2D eigenvalue weighted by Gasteiger charge is -2.22. The molecule has 2 amide bonds. The molecule has 1 fully saturated rings. The molecule has 1 N–H and O–H groups in total. The van der Waals surface area contributed by atoms with Gasteiger partial charge in [-0.05, 0) is 24.1 Å². The van der Waals surface area contributed by atoms with E-state index in [1.54, 1.807) is 6.20 Å². The number of nitrogens with one attached hydrogen (secondary N) is 1. The van der Waals surface area contributed by atoms with E-state index in [4.69, 9.17) is 0 Å². The highest BCUT2D eigenvalue weighted by atomic mass is 16.2. The maximum atomic E-state index is 12.2. The van der Waals surface area contributed by atoms with Crippen molar-refractivity contribution in [2.75, 3.05) is 36.4 Å². The lowest BCUT2D eigenvalue weighted by atomic mass is 10.1. The molecule has 1 aromatic heterocycles. The maximum Gasteiger partial charge on any atom is 0.228 e. The van der Waals surface area contributed by atoms with E-state index in [0.29, 0.717) is 18.5 Å². The first-order valence-electron chi connectivity index (χ1n) is 9.48. The van der Waals surface area contributed by atoms with Crippen LogP contribution in [0.3, 0.4) is 0 Å². The summed E-state index contributed by atoms with van der Waals surface area (Å²) in [6, 6.07) is 13.5. The van der Waals surface area contributed by atoms with Crippen LogP contribution >= 0.6 is 0 Å². The molecule has 1 aliphatic heterocycles. The normalized spacial score (nSPS) is 14.6. The third-order valence-electron chi connectivity index (χ3n) is 4.71. The van der Waals surface area contributed by atoms with Crippen molar-refractivity contribution in [2.24, 2.45) is 0 Å². The number of rotatable bonds is 5. The van der Waals surface area contributed by atoms with Gasteiger partial charge in [-0.3, -0.25) is 9.59 Å². The smallest absolute Gasteiger partial charge is 0.228 e. The molecule has 2 aromatic rings. The summed E-state index contributed by atoms with van der Waals surface area (Å²) in [6.07, 6.45) is 3.52. The van der Waals surface area contributed by atoms with Gasteiger partial charge in [0.15, 0.2) is 0 Å². The van der Waals surface area contributed by atoms with Crippen molar-refractivity contribution >= 4 is 23.3 Å². The number of nitrogens with zero attached hydrogens (tertiary/aromatic N) is 3. The first-order chi connectivity index (χ1) is 13.2. The highest BCUT2D eigenvalue weighted by Crippen LogP contribution is 2.17. The van der Waals surface area contributed by atoms with E-state index >= 15 is 0 Å². The Kier molecular flexibility index (Phi) is 6.41. The molecule has 0 saturated carbocycles. The van der Waals surface area contributed by atoms with Crippen LogP contribution in [-0.2, 0) is 16.0 Å². The highest BCUT2D eigenvalue weighted by molar-refractivity contribution is 5.92. The van der Waals surface area contributed by atoms with E-state index in [1.807, 2.05) is 54.3 Å². The number of pyridine rings is 1. The van der Waals surface area contributed by atoms with Crippen molar-refractivity contribution < 1.29 is 9.59 Å². The summed E-state index contributed by atoms with van der Waals surface area (Å²) in [7, 11) is 0. The minimum atomic E-state index is -0.0563. The fourth-order valence-corrected chi connectivity index (χ4v) is 3.25. The quantitative estimate of drug-likeness (QED) is 0.884. The average molecular weight is 366 g/mol. The summed E-state index contributed by atoms with van der Waals surface area (Å²) in [5, 5.41) is 2.89. The van der Waals surface area contributed by atoms with Crippen molar-refractivity contribution in [2.45, 2.75) is 26.2 Å². The molecule has 6 heteroatoms. The van der Waals surface area contributed by atoms with E-state index in [2.05, 4.69) is 15.2 Å². The lowest BCUT2D eigenvalue weighted by Crippen LogP contribution is -2.34. The second-order valence-electron chi connectivity index (χ2n) is 6.69. The van der Waals surface area contributed by atoms with Crippen molar-refractivity contribution in [3.8, 4) is 0 Å². The van der Waals surface area contributed by atoms with E-state index in [-0.39, 0.29) is 11.8 Å². The van der Waals surface area contributed by atoms with Gasteiger partial charge in [-0.15, -0.1) is 0 Å². The molecular weight excluding hydrogens is 340 g/mol. The Bertz CT molecular complexity index is 762. The SMILES string of the molecule is CCC(=O)N1CCCN(c2ccc(NC(=O)Cc3ccccc3)cn2)CC1. The van der Waals surface area contributed by atoms with Crippen LogP contribution in [0.25, 0.3) is 0 Å². The van der Waals surface area contributed by atoms with E-state index in [1.165, 1.54) is 0 Å². The summed E-state index contributed by atoms with van der Waals surface area (Å²) >= 11 is 0. The molecule has 1 aromatic carbocycles. The Balaban J connectivity index is 1.55. The second-order valence-corrected chi connectivity index (χ2v) is 6.69. The number of amides is 2. The van der Waals surface area contributed by atoms with Crippen molar-refractivity contribution in [3.63, 3.8) is 0 Å². The summed E-state index contributed by atoms with van der Waals surface area (Å²) in [5.41, 5.74) is 1.67. The molecule has 0 aliphatic carbocycles. The summed E-state index contributed by atoms with van der Waals surface area (Å²) < 4.78 is 0. The Hall–Kier alpha value is -2.89. The van der Waals surface area contributed by atoms with Crippen LogP contribution in [0.1, 0.15) is 25.3 Å². The van der Waals surface area contributed by atoms with E-state index in [0.717, 1.165) is 44.0 Å². The van der Waals surface area contributed by atoms with Gasteiger partial charge in [-0.2, -0.15) is 0 Å². The van der Waals surface area contributed by atoms with Gasteiger partial charge in [0.05, 0.1) is 18.3 Å². The molecule has 0 spiro atoms. The Labute approximate surface area is 160 Å². The molecule has 1 saturated heterocycles. The fraction of sp³-hybridized carbons (Fsp3) is 0.381. The van der Waals surface area contributed by atoms with Crippen molar-refractivity contribution in [1.29, 1.82) is 0 Å². The predicted molar refractivity (Wildman–Crippen MR) is 107 cm³/mol. The number of anilines is 2. The molecule has 3 rings (SSSR count). The number of hydrogen-bond donors (Lipinski definition) is 1. The van der Waals surface area contributed by atoms with Crippen LogP contribution in [0, 0.1) is 0 Å². The maximum absolute atomic E-state index is 12.2. The van der Waals surface area contributed by atoms with E-state index < -0.39 is 0 Å². The van der Waals surface area contributed by atoms with Gasteiger partial charge in [0.1, 0.15) is 5.82 Å². The van der Waals surface area contributed by atoms with Crippen molar-refractivity contribution in [1.82, 2.24) is 9.88 Å². The summed E-state index contributed by atoms with van der Waals surface area (Å²) in [6.45, 7) is 5.08. The molecule has 0 radical (unpaired) electrons. The zero-order valence-corrected chi connectivity index (χ0v) is 15.7. The summed E-state index contributed by atoms with van der Waals surface area (Å²) in [4.78, 5) is 32.7. The molecule has 142 valence electrons. The number of carbonyl (C=O) groups is 2. The third-order valence-corrected chi connectivity index (χ3v) is 4.71. The minimum absolute atomic E-state index is 0.0563. The molecule has 6 nitrogen and oxygen atoms in total. The van der Waals surface area contributed by atoms with Crippen LogP contribution in [0.5, 0.6) is 0 Å². The lowest BCUT2D eigenvalue weighted by molar-refractivity contribution is -0.130. The number of hydrogen-bond acceptors (Lipinski definition) is 4. The van der Waals surface area contributed by atoms with Gasteiger partial charge in [0.25, 0.3) is 0 Å². The Morgan fingerprint density at radius 1 is 1.04 bits per heavy atom. The number of carbonyl (C=O) groups excluding carboxylic acids is 2. The van der Waals surface area contributed by atoms with Crippen molar-refractivity contribution in [3.05, 3.63) is 54.2 Å².